The molecule has 1 saturated heterocycles. The second-order valence-corrected chi connectivity index (χ2v) is 1.54. The molecule has 0 spiro atoms. The van der Waals surface area contributed by atoms with Gasteiger partial charge in [-0.05, 0) is 0 Å². The van der Waals surface area contributed by atoms with Crippen LogP contribution in [0.5, 0.6) is 0 Å². The molecule has 54 valence electrons. The van der Waals surface area contributed by atoms with E-state index in [1.54, 1.807) is 5.32 Å². The van der Waals surface area contributed by atoms with Crippen LogP contribution >= 0.6 is 0 Å². The van der Waals surface area contributed by atoms with Crippen LogP contribution in [0.25, 0.3) is 0 Å². The number of nitrogens with one attached hydrogen (secondary N) is 1. The molecule has 0 aliphatic carbocycles. The van der Waals surface area contributed by atoms with E-state index >= 15 is 0 Å². The molecular weight excluding hydrogens is 140 g/mol. The number of amides is 4. The van der Waals surface area contributed by atoms with Crippen molar-refractivity contribution in [3.05, 3.63) is 0 Å². The summed E-state index contributed by atoms with van der Waals surface area (Å²) in [6.07, 6.45) is 0. The Morgan fingerprint density at radius 3 is 2.20 bits per heavy atom. The van der Waals surface area contributed by atoms with Crippen LogP contribution in [-0.4, -0.2) is 30.0 Å². The fourth-order valence-corrected chi connectivity index (χ4v) is 0.552. The summed E-state index contributed by atoms with van der Waals surface area (Å²) in [5, 5.41) is 2.09. The molecule has 0 aromatic heterocycles. The molecule has 0 bridgehead atoms. The van der Waals surface area contributed by atoms with E-state index in [1.807, 2.05) is 0 Å². The molecule has 0 unspecified atom stereocenters. The second kappa shape index (κ2) is 2.07. The van der Waals surface area contributed by atoms with Gasteiger partial charge in [-0.15, -0.1) is 5.06 Å². The predicted molar refractivity (Wildman–Crippen MR) is 27.4 cm³/mol. The van der Waals surface area contributed by atoms with E-state index in [1.165, 1.54) is 0 Å². The third-order valence-electron chi connectivity index (χ3n) is 0.966. The molecule has 4 amide bonds. The number of nitrogens with zero attached hydrogens (tertiary/aromatic N) is 1. The van der Waals surface area contributed by atoms with Gasteiger partial charge in [0.1, 0.15) is 0 Å². The molecule has 10 heavy (non-hydrogen) atoms. The Kier molecular flexibility index (Phi) is 1.38. The van der Waals surface area contributed by atoms with Crippen LogP contribution < -0.4 is 5.32 Å². The van der Waals surface area contributed by atoms with E-state index < -0.39 is 17.8 Å². The first kappa shape index (κ1) is 6.69. The summed E-state index contributed by atoms with van der Waals surface area (Å²) < 4.78 is 0. The number of hydroxylamine groups is 2. The van der Waals surface area contributed by atoms with E-state index in [2.05, 4.69) is 4.84 Å². The molecular formula is C4H4N2O4. The highest BCUT2D eigenvalue weighted by molar-refractivity contribution is 6.44. The molecule has 1 aliphatic heterocycles. The highest BCUT2D eigenvalue weighted by Crippen LogP contribution is 1.98. The standard InChI is InChI=1S/C4H4N2O4/c1-10-6-3(8)2(7)5-4(6)9/h1H3,(H,5,7,9). The van der Waals surface area contributed by atoms with Crippen LogP contribution in [0.2, 0.25) is 0 Å². The van der Waals surface area contributed by atoms with Crippen LogP contribution in [0.4, 0.5) is 4.79 Å². The smallest absolute Gasteiger partial charge is 0.267 e. The summed E-state index contributed by atoms with van der Waals surface area (Å²) in [6.45, 7) is 0. The lowest BCUT2D eigenvalue weighted by Crippen LogP contribution is -2.29. The summed E-state index contributed by atoms with van der Waals surface area (Å²) in [4.78, 5) is 35.6. The minimum atomic E-state index is -0.993. The van der Waals surface area contributed by atoms with Gasteiger partial charge in [-0.25, -0.2) is 4.79 Å². The summed E-state index contributed by atoms with van der Waals surface area (Å²) in [6, 6.07) is -0.850. The van der Waals surface area contributed by atoms with Crippen LogP contribution in [0.3, 0.4) is 0 Å². The molecule has 0 saturated carbocycles. The van der Waals surface area contributed by atoms with Gasteiger partial charge >= 0.3 is 17.8 Å². The second-order valence-electron chi connectivity index (χ2n) is 1.54. The highest BCUT2D eigenvalue weighted by Gasteiger charge is 2.37. The Bertz CT molecular complexity index is 211. The Morgan fingerprint density at radius 2 is 2.00 bits per heavy atom. The Labute approximate surface area is 55.7 Å². The molecule has 0 radical (unpaired) electrons. The van der Waals surface area contributed by atoms with E-state index in [0.717, 1.165) is 7.11 Å². The van der Waals surface area contributed by atoms with Crippen molar-refractivity contribution in [1.82, 2.24) is 10.4 Å². The van der Waals surface area contributed by atoms with Gasteiger partial charge in [-0.1, -0.05) is 0 Å². The summed E-state index contributed by atoms with van der Waals surface area (Å²) in [5.41, 5.74) is 0. The SMILES string of the molecule is CON1C(=O)NC(=O)C1=O. The molecule has 0 aromatic rings. The topological polar surface area (TPSA) is 75.7 Å². The predicted octanol–water partition coefficient (Wildman–Crippen LogP) is -1.37. The van der Waals surface area contributed by atoms with E-state index in [-0.39, 0.29) is 0 Å². The van der Waals surface area contributed by atoms with Gasteiger partial charge in [0.15, 0.2) is 0 Å². The van der Waals surface area contributed by atoms with Crippen molar-refractivity contribution in [2.75, 3.05) is 7.11 Å². The molecule has 6 heteroatoms. The van der Waals surface area contributed by atoms with Gasteiger partial charge < -0.3 is 0 Å². The number of hydrogen-bond donors (Lipinski definition) is 1. The van der Waals surface area contributed by atoms with Crippen molar-refractivity contribution in [3.8, 4) is 0 Å². The number of carbonyl (C=O) groups excluding carboxylic acids is 3. The molecule has 1 rings (SSSR count). The fourth-order valence-electron chi connectivity index (χ4n) is 0.552. The normalized spacial score (nSPS) is 18.1. The van der Waals surface area contributed by atoms with Crippen molar-refractivity contribution in [3.63, 3.8) is 0 Å². The molecule has 1 aliphatic rings. The number of hydrogen-bond acceptors (Lipinski definition) is 4. The Morgan fingerprint density at radius 1 is 1.40 bits per heavy atom. The first-order valence-electron chi connectivity index (χ1n) is 2.40. The molecule has 0 atom stereocenters. The zero-order valence-electron chi connectivity index (χ0n) is 5.08. The summed E-state index contributed by atoms with van der Waals surface area (Å²) in [5.74, 6) is -1.96. The monoisotopic (exact) mass is 144 g/mol. The zero-order chi connectivity index (χ0) is 7.72. The number of imide groups is 2. The highest BCUT2D eigenvalue weighted by atomic mass is 16.7. The fraction of sp³-hybridized carbons (Fsp3) is 0.250. The van der Waals surface area contributed by atoms with E-state index in [9.17, 15) is 14.4 Å². The van der Waals surface area contributed by atoms with E-state index in [4.69, 9.17) is 0 Å². The zero-order valence-corrected chi connectivity index (χ0v) is 5.08. The largest absolute Gasteiger partial charge is 0.356 e. The number of carbonyl (C=O) groups is 3. The summed E-state index contributed by atoms with van der Waals surface area (Å²) >= 11 is 0. The third kappa shape index (κ3) is 0.742. The lowest BCUT2D eigenvalue weighted by Gasteiger charge is -2.03. The maximum absolute atomic E-state index is 10.5. The van der Waals surface area contributed by atoms with Gasteiger partial charge in [0.25, 0.3) is 0 Å². The number of rotatable bonds is 1. The minimum Gasteiger partial charge on any atom is -0.267 e. The van der Waals surface area contributed by atoms with Crippen molar-refractivity contribution in [2.24, 2.45) is 0 Å². The van der Waals surface area contributed by atoms with Crippen LogP contribution in [0, 0.1) is 0 Å². The quantitative estimate of drug-likeness (QED) is 0.363. The van der Waals surface area contributed by atoms with Crippen molar-refractivity contribution in [2.45, 2.75) is 0 Å². The van der Waals surface area contributed by atoms with Gasteiger partial charge in [0.05, 0.1) is 7.11 Å². The molecule has 1 fully saturated rings. The van der Waals surface area contributed by atoms with Crippen LogP contribution in [-0.2, 0) is 14.4 Å². The average Bonchev–Trinajstić information content (AvgIpc) is 2.09. The average molecular weight is 144 g/mol. The summed E-state index contributed by atoms with van der Waals surface area (Å²) in [7, 11) is 1.12. The van der Waals surface area contributed by atoms with Gasteiger partial charge in [0.2, 0.25) is 0 Å². The molecule has 0 aromatic carbocycles. The van der Waals surface area contributed by atoms with Crippen LogP contribution in [0.1, 0.15) is 0 Å². The van der Waals surface area contributed by atoms with Crippen LogP contribution in [0.15, 0.2) is 0 Å². The maximum Gasteiger partial charge on any atom is 0.356 e. The first-order chi connectivity index (χ1) is 4.66. The molecule has 1 heterocycles. The van der Waals surface area contributed by atoms with E-state index in [0.29, 0.717) is 5.06 Å². The maximum atomic E-state index is 10.5. The van der Waals surface area contributed by atoms with Crippen molar-refractivity contribution >= 4 is 17.8 Å². The minimum absolute atomic E-state index is 0.350. The first-order valence-corrected chi connectivity index (χ1v) is 2.40. The van der Waals surface area contributed by atoms with Gasteiger partial charge in [0, 0.05) is 0 Å². The molecule has 1 N–H and O–H groups in total. The Hall–Kier alpha value is -1.43. The lowest BCUT2D eigenvalue weighted by atomic mass is 10.6. The Balaban J connectivity index is 2.84. The number of urea groups is 1. The lowest BCUT2D eigenvalue weighted by molar-refractivity contribution is -0.160. The van der Waals surface area contributed by atoms with Gasteiger partial charge in [-0.3, -0.25) is 19.7 Å². The van der Waals surface area contributed by atoms with Crippen molar-refractivity contribution < 1.29 is 19.2 Å². The third-order valence-corrected chi connectivity index (χ3v) is 0.966. The van der Waals surface area contributed by atoms with Crippen molar-refractivity contribution in [1.29, 1.82) is 0 Å². The van der Waals surface area contributed by atoms with Gasteiger partial charge in [-0.2, -0.15) is 0 Å². The molecule has 6 nitrogen and oxygen atoms in total.